The Morgan fingerprint density at radius 2 is 1.52 bits per heavy atom. The molecule has 12 heteroatoms. The van der Waals surface area contributed by atoms with E-state index in [1.165, 1.54) is 32.4 Å². The Hall–Kier alpha value is -2.86. The van der Waals surface area contributed by atoms with Gasteiger partial charge in [0, 0.05) is 5.56 Å². The molecule has 2 aromatic rings. The quantitative estimate of drug-likeness (QED) is 0.164. The lowest BCUT2D eigenvalue weighted by Gasteiger charge is -2.11. The van der Waals surface area contributed by atoms with Crippen molar-refractivity contribution in [2.45, 2.75) is 5.75 Å². The van der Waals surface area contributed by atoms with Crippen LogP contribution in [0.5, 0.6) is 11.5 Å². The predicted octanol–water partition coefficient (Wildman–Crippen LogP) is 3.92. The van der Waals surface area contributed by atoms with E-state index in [4.69, 9.17) is 9.47 Å². The van der Waals surface area contributed by atoms with Crippen molar-refractivity contribution in [2.75, 3.05) is 14.2 Å². The maximum Gasteiger partial charge on any atom is 0.441 e. The molecule has 6 nitrogen and oxygen atoms in total. The van der Waals surface area contributed by atoms with Crippen LogP contribution >= 0.6 is 0 Å². The molecule has 0 heterocycles. The van der Waals surface area contributed by atoms with Crippen LogP contribution in [-0.2, 0) is 16.9 Å². The van der Waals surface area contributed by atoms with E-state index in [1.54, 1.807) is 0 Å². The van der Waals surface area contributed by atoms with Gasteiger partial charge in [-0.1, -0.05) is 6.07 Å². The minimum absolute atomic E-state index is 0.0626. The first kappa shape index (κ1) is 22.4. The highest BCUT2D eigenvalue weighted by Crippen LogP contribution is 2.30. The minimum Gasteiger partial charge on any atom is -0.606 e. The van der Waals surface area contributed by atoms with Crippen LogP contribution in [0, 0.1) is 39.2 Å². The lowest BCUT2D eigenvalue weighted by atomic mass is 10.1. The van der Waals surface area contributed by atoms with Crippen molar-refractivity contribution in [2.24, 2.45) is 0 Å². The SMILES string of the molecule is COc1ccc(C[S+]([O-])/C(=C/c2c(F)c(F)c(F)c(F)c2F)[N+](=O)[O-])cc1OC. The van der Waals surface area contributed by atoms with Crippen LogP contribution in [0.1, 0.15) is 11.1 Å². The Bertz CT molecular complexity index is 956. The first-order chi connectivity index (χ1) is 13.6. The lowest BCUT2D eigenvalue weighted by molar-refractivity contribution is -0.410. The second-order valence-corrected chi connectivity index (χ2v) is 6.80. The summed E-state index contributed by atoms with van der Waals surface area (Å²) in [7, 11) is 2.69. The lowest BCUT2D eigenvalue weighted by Crippen LogP contribution is -2.15. The Labute approximate surface area is 163 Å². The molecule has 0 aliphatic carbocycles. The summed E-state index contributed by atoms with van der Waals surface area (Å²) in [5.41, 5.74) is -1.29. The minimum atomic E-state index is -2.50. The van der Waals surface area contributed by atoms with E-state index < -0.39 is 61.5 Å². The third-order valence-corrected chi connectivity index (χ3v) is 5.00. The van der Waals surface area contributed by atoms with Gasteiger partial charge in [0.2, 0.25) is 5.82 Å². The van der Waals surface area contributed by atoms with Crippen molar-refractivity contribution in [1.82, 2.24) is 0 Å². The number of nitro groups is 1. The second kappa shape index (κ2) is 9.09. The molecule has 0 saturated heterocycles. The van der Waals surface area contributed by atoms with Gasteiger partial charge >= 0.3 is 5.03 Å². The van der Waals surface area contributed by atoms with Crippen LogP contribution < -0.4 is 9.47 Å². The van der Waals surface area contributed by atoms with E-state index in [0.29, 0.717) is 5.75 Å². The smallest absolute Gasteiger partial charge is 0.441 e. The van der Waals surface area contributed by atoms with E-state index in [0.717, 1.165) is 0 Å². The zero-order valence-corrected chi connectivity index (χ0v) is 15.6. The van der Waals surface area contributed by atoms with Crippen LogP contribution in [0.2, 0.25) is 0 Å². The fourth-order valence-corrected chi connectivity index (χ4v) is 3.32. The molecular weight excluding hydrogens is 425 g/mol. The molecule has 2 aromatic carbocycles. The summed E-state index contributed by atoms with van der Waals surface area (Å²) in [4.78, 5) is 9.98. The molecule has 1 atom stereocenters. The third-order valence-electron chi connectivity index (χ3n) is 3.67. The molecule has 156 valence electrons. The van der Waals surface area contributed by atoms with E-state index >= 15 is 0 Å². The van der Waals surface area contributed by atoms with Gasteiger partial charge in [-0.3, -0.25) is 10.1 Å². The average molecular weight is 437 g/mol. The molecule has 29 heavy (non-hydrogen) atoms. The Balaban J connectivity index is 2.46. The first-order valence-corrected chi connectivity index (χ1v) is 8.91. The molecule has 0 N–H and O–H groups in total. The van der Waals surface area contributed by atoms with E-state index in [9.17, 15) is 36.6 Å². The van der Waals surface area contributed by atoms with Gasteiger partial charge in [0.15, 0.2) is 34.8 Å². The normalized spacial score (nSPS) is 12.6. The Kier molecular flexibility index (Phi) is 7.03. The number of methoxy groups -OCH3 is 2. The van der Waals surface area contributed by atoms with Crippen LogP contribution in [0.3, 0.4) is 0 Å². The fraction of sp³-hybridized carbons (Fsp3) is 0.176. The van der Waals surface area contributed by atoms with Gasteiger partial charge in [0.1, 0.15) is 10.7 Å². The van der Waals surface area contributed by atoms with Crippen molar-refractivity contribution in [3.05, 3.63) is 73.6 Å². The number of ether oxygens (including phenoxy) is 2. The maximum atomic E-state index is 13.8. The predicted molar refractivity (Wildman–Crippen MR) is 92.6 cm³/mol. The molecule has 0 amide bonds. The number of halogens is 5. The number of benzene rings is 2. The molecule has 1 unspecified atom stereocenters. The van der Waals surface area contributed by atoms with Crippen molar-refractivity contribution in [3.63, 3.8) is 0 Å². The zero-order valence-electron chi connectivity index (χ0n) is 14.8. The molecule has 0 aliphatic rings. The summed E-state index contributed by atoms with van der Waals surface area (Å²) < 4.78 is 89.7. The monoisotopic (exact) mass is 437 g/mol. The number of rotatable bonds is 7. The summed E-state index contributed by atoms with van der Waals surface area (Å²) in [5.74, 6) is -11.4. The standard InChI is InChI=1S/C17H12F5NO5S/c1-27-10-4-3-8(5-11(10)28-2)7-29(26)12(23(24)25)6-9-13(18)15(20)17(22)16(21)14(9)19/h3-6H,7H2,1-2H3/b12-6+. The molecule has 0 bridgehead atoms. The second-order valence-electron chi connectivity index (χ2n) is 5.40. The highest BCUT2D eigenvalue weighted by atomic mass is 32.2. The summed E-state index contributed by atoms with van der Waals surface area (Å²) >= 11 is -2.50. The Morgan fingerprint density at radius 1 is 1.00 bits per heavy atom. The summed E-state index contributed by atoms with van der Waals surface area (Å²) in [6.07, 6.45) is 0.0626. The van der Waals surface area contributed by atoms with E-state index in [1.807, 2.05) is 0 Å². The van der Waals surface area contributed by atoms with Gasteiger partial charge in [-0.25, -0.2) is 22.0 Å². The number of hydrogen-bond acceptors (Lipinski definition) is 5. The summed E-state index contributed by atoms with van der Waals surface area (Å²) in [5, 5.41) is 9.96. The zero-order chi connectivity index (χ0) is 21.9. The number of hydrogen-bond donors (Lipinski definition) is 0. The van der Waals surface area contributed by atoms with Crippen LogP contribution in [0.25, 0.3) is 6.08 Å². The average Bonchev–Trinajstić information content (AvgIpc) is 2.70. The van der Waals surface area contributed by atoms with Crippen molar-refractivity contribution >= 4 is 17.3 Å². The first-order valence-electron chi connectivity index (χ1n) is 7.59. The molecule has 0 aromatic heterocycles. The largest absolute Gasteiger partial charge is 0.606 e. The molecule has 2 rings (SSSR count). The maximum absolute atomic E-state index is 13.8. The molecule has 0 spiro atoms. The van der Waals surface area contributed by atoms with Crippen molar-refractivity contribution in [1.29, 1.82) is 0 Å². The summed E-state index contributed by atoms with van der Waals surface area (Å²) in [6.45, 7) is 0. The van der Waals surface area contributed by atoms with Gasteiger partial charge in [-0.15, -0.1) is 0 Å². The van der Waals surface area contributed by atoms with Crippen molar-refractivity contribution in [3.8, 4) is 11.5 Å². The molecular formula is C17H12F5NO5S. The third kappa shape index (κ3) is 4.59. The van der Waals surface area contributed by atoms with Gasteiger partial charge < -0.3 is 14.0 Å². The highest BCUT2D eigenvalue weighted by Gasteiger charge is 2.32. The van der Waals surface area contributed by atoms with Crippen LogP contribution in [-0.4, -0.2) is 23.7 Å². The Morgan fingerprint density at radius 3 is 2.00 bits per heavy atom. The van der Waals surface area contributed by atoms with E-state index in [2.05, 4.69) is 0 Å². The van der Waals surface area contributed by atoms with E-state index in [-0.39, 0.29) is 17.4 Å². The van der Waals surface area contributed by atoms with Gasteiger partial charge in [-0.2, -0.15) is 0 Å². The van der Waals surface area contributed by atoms with Gasteiger partial charge in [0.05, 0.1) is 37.0 Å². The van der Waals surface area contributed by atoms with Crippen LogP contribution in [0.4, 0.5) is 22.0 Å². The van der Waals surface area contributed by atoms with Crippen molar-refractivity contribution < 1.29 is 40.9 Å². The fourth-order valence-electron chi connectivity index (χ4n) is 2.27. The number of nitrogens with zero attached hydrogens (tertiary/aromatic N) is 1. The van der Waals surface area contributed by atoms with Crippen LogP contribution in [0.15, 0.2) is 23.2 Å². The molecule has 0 saturated carbocycles. The van der Waals surface area contributed by atoms with Gasteiger partial charge in [0.25, 0.3) is 0 Å². The van der Waals surface area contributed by atoms with Gasteiger partial charge in [-0.05, 0) is 12.1 Å². The topological polar surface area (TPSA) is 84.7 Å². The molecule has 0 radical (unpaired) electrons. The molecule has 0 aliphatic heterocycles. The summed E-state index contributed by atoms with van der Waals surface area (Å²) in [6, 6.07) is 4.22. The molecule has 0 fully saturated rings. The highest BCUT2D eigenvalue weighted by molar-refractivity contribution is 7.94.